The molecular weight excluding hydrogens is 260 g/mol. The Balaban J connectivity index is 2.25. The summed E-state index contributed by atoms with van der Waals surface area (Å²) in [5, 5.41) is 2.03. The molecule has 2 rings (SSSR count). The van der Waals surface area contributed by atoms with Gasteiger partial charge < -0.3 is 5.43 Å². The van der Waals surface area contributed by atoms with Crippen LogP contribution >= 0.6 is 11.3 Å². The lowest BCUT2D eigenvalue weighted by atomic mass is 10.3. The van der Waals surface area contributed by atoms with Gasteiger partial charge >= 0.3 is 0 Å². The molecule has 1 aromatic heterocycles. The van der Waals surface area contributed by atoms with Crippen molar-refractivity contribution in [2.75, 3.05) is 10.1 Å². The van der Waals surface area contributed by atoms with Crippen molar-refractivity contribution in [2.45, 2.75) is 4.90 Å². The second-order valence-corrected chi connectivity index (χ2v) is 5.69. The zero-order valence-corrected chi connectivity index (χ0v) is 10.3. The van der Waals surface area contributed by atoms with E-state index in [0.29, 0.717) is 10.8 Å². The number of hydrogen-bond acceptors (Lipinski definition) is 6. The summed E-state index contributed by atoms with van der Waals surface area (Å²) in [7, 11) is -3.58. The van der Waals surface area contributed by atoms with Crippen LogP contribution in [0.3, 0.4) is 0 Å². The van der Waals surface area contributed by atoms with Crippen LogP contribution in [0.5, 0.6) is 0 Å². The molecule has 0 aliphatic rings. The Hall–Kier alpha value is -1.64. The first-order valence-electron chi connectivity index (χ1n) is 4.61. The van der Waals surface area contributed by atoms with E-state index < -0.39 is 10.0 Å². The zero-order chi connectivity index (χ0) is 12.3. The lowest BCUT2D eigenvalue weighted by molar-refractivity contribution is 0.601. The van der Waals surface area contributed by atoms with Crippen molar-refractivity contribution >= 4 is 32.2 Å². The van der Waals surface area contributed by atoms with Crippen molar-refractivity contribution < 1.29 is 8.42 Å². The van der Waals surface area contributed by atoms with Crippen LogP contribution in [-0.4, -0.2) is 13.4 Å². The number of hydrazine groups is 1. The lowest BCUT2D eigenvalue weighted by Crippen LogP contribution is -2.13. The predicted octanol–water partition coefficient (Wildman–Crippen LogP) is 1.23. The van der Waals surface area contributed by atoms with E-state index in [1.807, 2.05) is 0 Å². The predicted molar refractivity (Wildman–Crippen MR) is 67.2 cm³/mol. The van der Waals surface area contributed by atoms with Crippen molar-refractivity contribution in [3.05, 3.63) is 35.8 Å². The van der Waals surface area contributed by atoms with Gasteiger partial charge in [0.2, 0.25) is 0 Å². The zero-order valence-electron chi connectivity index (χ0n) is 8.62. The smallest absolute Gasteiger partial charge is 0.263 e. The fourth-order valence-corrected chi connectivity index (χ4v) is 2.97. The van der Waals surface area contributed by atoms with E-state index in [9.17, 15) is 8.42 Å². The normalized spacial score (nSPS) is 11.1. The van der Waals surface area contributed by atoms with Gasteiger partial charge in [0.15, 0.2) is 5.13 Å². The Kier molecular flexibility index (Phi) is 3.27. The Bertz CT molecular complexity index is 578. The maximum absolute atomic E-state index is 11.9. The number of aromatic nitrogens is 1. The molecule has 0 aliphatic carbocycles. The van der Waals surface area contributed by atoms with Gasteiger partial charge in [-0.25, -0.2) is 13.4 Å². The molecule has 0 aliphatic heterocycles. The van der Waals surface area contributed by atoms with Gasteiger partial charge in [0.25, 0.3) is 10.0 Å². The number of sulfonamides is 1. The van der Waals surface area contributed by atoms with E-state index in [1.54, 1.807) is 17.5 Å². The molecule has 2 aromatic rings. The number of nitrogen functional groups attached to an aromatic ring is 1. The van der Waals surface area contributed by atoms with E-state index in [-0.39, 0.29) is 4.90 Å². The highest BCUT2D eigenvalue weighted by atomic mass is 32.2. The number of nitrogens with zero attached hydrogens (tertiary/aromatic N) is 1. The van der Waals surface area contributed by atoms with Gasteiger partial charge in [-0.15, -0.1) is 11.3 Å². The SMILES string of the molecule is NNc1ccc(S(=O)(=O)Nc2nccs2)cc1. The summed E-state index contributed by atoms with van der Waals surface area (Å²) < 4.78 is 26.2. The highest BCUT2D eigenvalue weighted by Crippen LogP contribution is 2.18. The van der Waals surface area contributed by atoms with Crippen LogP contribution in [0.15, 0.2) is 40.7 Å². The second-order valence-electron chi connectivity index (χ2n) is 3.11. The van der Waals surface area contributed by atoms with E-state index in [4.69, 9.17) is 5.84 Å². The van der Waals surface area contributed by atoms with Gasteiger partial charge in [-0.2, -0.15) is 0 Å². The van der Waals surface area contributed by atoms with Gasteiger partial charge in [-0.1, -0.05) is 0 Å². The third kappa shape index (κ3) is 2.73. The first-order valence-corrected chi connectivity index (χ1v) is 6.97. The summed E-state index contributed by atoms with van der Waals surface area (Å²) in [5.74, 6) is 5.20. The molecule has 0 saturated carbocycles. The van der Waals surface area contributed by atoms with Crippen LogP contribution in [0.1, 0.15) is 0 Å². The molecular formula is C9H10N4O2S2. The van der Waals surface area contributed by atoms with Crippen molar-refractivity contribution in [3.8, 4) is 0 Å². The standard InChI is InChI=1S/C9H10N4O2S2/c10-12-7-1-3-8(4-2-7)17(14,15)13-9-11-5-6-16-9/h1-6,12H,10H2,(H,11,13). The average Bonchev–Trinajstić information content (AvgIpc) is 2.81. The van der Waals surface area contributed by atoms with E-state index in [0.717, 1.165) is 0 Å². The van der Waals surface area contributed by atoms with Crippen molar-refractivity contribution in [3.63, 3.8) is 0 Å². The maximum Gasteiger partial charge on any atom is 0.263 e. The number of rotatable bonds is 4. The first-order chi connectivity index (χ1) is 8.12. The van der Waals surface area contributed by atoms with Crippen LogP contribution in [0.2, 0.25) is 0 Å². The highest BCUT2D eigenvalue weighted by molar-refractivity contribution is 7.93. The molecule has 0 spiro atoms. The molecule has 6 nitrogen and oxygen atoms in total. The number of thiazole rings is 1. The topological polar surface area (TPSA) is 97.1 Å². The van der Waals surface area contributed by atoms with Crippen molar-refractivity contribution in [1.29, 1.82) is 0 Å². The summed E-state index contributed by atoms with van der Waals surface area (Å²) in [4.78, 5) is 4.02. The highest BCUT2D eigenvalue weighted by Gasteiger charge is 2.14. The largest absolute Gasteiger partial charge is 0.324 e. The van der Waals surface area contributed by atoms with Gasteiger partial charge in [-0.05, 0) is 24.3 Å². The summed E-state index contributed by atoms with van der Waals surface area (Å²) in [6, 6.07) is 6.09. The number of nitrogens with one attached hydrogen (secondary N) is 2. The molecule has 1 aromatic carbocycles. The number of anilines is 2. The van der Waals surface area contributed by atoms with Crippen LogP contribution in [0.4, 0.5) is 10.8 Å². The Morgan fingerprint density at radius 2 is 1.94 bits per heavy atom. The lowest BCUT2D eigenvalue weighted by Gasteiger charge is -2.06. The number of benzene rings is 1. The van der Waals surface area contributed by atoms with E-state index in [1.165, 1.54) is 29.7 Å². The van der Waals surface area contributed by atoms with Crippen LogP contribution < -0.4 is 16.0 Å². The average molecular weight is 270 g/mol. The Labute approximate surface area is 103 Å². The molecule has 4 N–H and O–H groups in total. The van der Waals surface area contributed by atoms with E-state index >= 15 is 0 Å². The van der Waals surface area contributed by atoms with Crippen LogP contribution in [0.25, 0.3) is 0 Å². The fourth-order valence-electron chi connectivity index (χ4n) is 1.18. The molecule has 0 unspecified atom stereocenters. The maximum atomic E-state index is 11.9. The Morgan fingerprint density at radius 3 is 2.47 bits per heavy atom. The van der Waals surface area contributed by atoms with Crippen molar-refractivity contribution in [1.82, 2.24) is 4.98 Å². The third-order valence-electron chi connectivity index (χ3n) is 1.99. The van der Waals surface area contributed by atoms with E-state index in [2.05, 4.69) is 15.1 Å². The minimum atomic E-state index is -3.58. The number of hydrogen-bond donors (Lipinski definition) is 3. The molecule has 90 valence electrons. The molecule has 0 saturated heterocycles. The molecule has 8 heteroatoms. The summed E-state index contributed by atoms with van der Waals surface area (Å²) in [6.07, 6.45) is 1.53. The quantitative estimate of drug-likeness (QED) is 0.573. The second kappa shape index (κ2) is 4.70. The molecule has 0 radical (unpaired) electrons. The third-order valence-corrected chi connectivity index (χ3v) is 4.16. The minimum Gasteiger partial charge on any atom is -0.324 e. The molecule has 0 amide bonds. The molecule has 1 heterocycles. The number of nitrogens with two attached hydrogens (primary N) is 1. The van der Waals surface area contributed by atoms with Gasteiger partial charge in [0.05, 0.1) is 4.90 Å². The fraction of sp³-hybridized carbons (Fsp3) is 0. The Morgan fingerprint density at radius 1 is 1.24 bits per heavy atom. The van der Waals surface area contributed by atoms with Crippen molar-refractivity contribution in [2.24, 2.45) is 5.84 Å². The first kappa shape index (κ1) is 11.8. The van der Waals surface area contributed by atoms with Gasteiger partial charge in [0.1, 0.15) is 0 Å². The molecule has 0 bridgehead atoms. The van der Waals surface area contributed by atoms with Crippen LogP contribution in [-0.2, 0) is 10.0 Å². The molecule has 0 atom stereocenters. The monoisotopic (exact) mass is 270 g/mol. The summed E-state index contributed by atoms with van der Waals surface area (Å²) in [5.41, 5.74) is 3.06. The summed E-state index contributed by atoms with van der Waals surface area (Å²) >= 11 is 1.22. The summed E-state index contributed by atoms with van der Waals surface area (Å²) in [6.45, 7) is 0. The van der Waals surface area contributed by atoms with Gasteiger partial charge in [-0.3, -0.25) is 10.6 Å². The van der Waals surface area contributed by atoms with Gasteiger partial charge in [0, 0.05) is 17.3 Å². The van der Waals surface area contributed by atoms with Crippen LogP contribution in [0, 0.1) is 0 Å². The minimum absolute atomic E-state index is 0.159. The molecule has 0 fully saturated rings. The molecule has 17 heavy (non-hydrogen) atoms.